The molecule has 2 aromatic heterocycles. The zero-order valence-electron chi connectivity index (χ0n) is 24.2. The lowest BCUT2D eigenvalue weighted by molar-refractivity contribution is -0.202. The normalized spacial score (nSPS) is 20.2. The van der Waals surface area contributed by atoms with E-state index in [9.17, 15) is 26.4 Å². The van der Waals surface area contributed by atoms with Crippen LogP contribution in [0.15, 0.2) is 35.0 Å². The maximum Gasteiger partial charge on any atom is 0.396 e. The maximum absolute atomic E-state index is 13.4. The van der Waals surface area contributed by atoms with Gasteiger partial charge in [-0.3, -0.25) is 4.79 Å². The summed E-state index contributed by atoms with van der Waals surface area (Å²) in [5.74, 6) is -0.0490. The smallest absolute Gasteiger partial charge is 0.390 e. The van der Waals surface area contributed by atoms with E-state index in [-0.39, 0.29) is 47.3 Å². The lowest BCUT2D eigenvalue weighted by atomic mass is 9.97. The number of nitrogens with zero attached hydrogens (tertiary/aromatic N) is 4. The van der Waals surface area contributed by atoms with Crippen LogP contribution in [0.4, 0.5) is 19.0 Å². The van der Waals surface area contributed by atoms with Crippen LogP contribution in [-0.4, -0.2) is 67.2 Å². The average molecular weight is 612 g/mol. The lowest BCUT2D eigenvalue weighted by Crippen LogP contribution is -2.41. The maximum atomic E-state index is 13.4. The second-order valence-corrected chi connectivity index (χ2v) is 13.3. The second-order valence-electron chi connectivity index (χ2n) is 11.6. The lowest BCUT2D eigenvalue weighted by Gasteiger charge is -2.34. The quantitative estimate of drug-likeness (QED) is 0.325. The highest BCUT2D eigenvalue weighted by Crippen LogP contribution is 2.57. The van der Waals surface area contributed by atoms with Crippen molar-refractivity contribution in [3.8, 4) is 5.82 Å². The summed E-state index contributed by atoms with van der Waals surface area (Å²) in [5.41, 5.74) is -1.55. The molecule has 0 aromatic carbocycles. The molecular weight excluding hydrogens is 575 g/mol. The van der Waals surface area contributed by atoms with Crippen LogP contribution in [0.1, 0.15) is 63.0 Å². The highest BCUT2D eigenvalue weighted by Gasteiger charge is 2.63. The number of halogens is 3. The third-order valence-corrected chi connectivity index (χ3v) is 9.25. The molecule has 0 spiro atoms. The molecule has 1 saturated carbocycles. The van der Waals surface area contributed by atoms with Crippen molar-refractivity contribution in [3.63, 3.8) is 0 Å². The fourth-order valence-corrected chi connectivity index (χ4v) is 6.35. The van der Waals surface area contributed by atoms with Crippen LogP contribution in [0.5, 0.6) is 0 Å². The molecule has 2 aliphatic rings. The number of amides is 1. The summed E-state index contributed by atoms with van der Waals surface area (Å²) in [6, 6.07) is 4.57. The Hall–Kier alpha value is -3.46. The van der Waals surface area contributed by atoms with Crippen molar-refractivity contribution in [1.29, 1.82) is 5.41 Å². The molecule has 0 unspecified atom stereocenters. The average Bonchev–Trinajstić information content (AvgIpc) is 3.46. The van der Waals surface area contributed by atoms with E-state index in [2.05, 4.69) is 22.1 Å². The summed E-state index contributed by atoms with van der Waals surface area (Å²) in [6.45, 7) is 7.59. The minimum Gasteiger partial charge on any atom is -0.390 e. The number of hydrogen-bond acceptors (Lipinski definition) is 9. The molecule has 0 radical (unpaired) electrons. The Morgan fingerprint density at radius 3 is 2.50 bits per heavy atom. The number of carbonyl (C=O) groups is 1. The highest BCUT2D eigenvalue weighted by atomic mass is 32.2. The van der Waals surface area contributed by atoms with E-state index in [1.165, 1.54) is 30.8 Å². The van der Waals surface area contributed by atoms with Gasteiger partial charge < -0.3 is 20.4 Å². The van der Waals surface area contributed by atoms with Crippen LogP contribution < -0.4 is 14.9 Å². The number of rotatable bonds is 11. The molecule has 3 N–H and O–H groups in total. The minimum absolute atomic E-state index is 0.0218. The van der Waals surface area contributed by atoms with Crippen molar-refractivity contribution in [3.05, 3.63) is 46.3 Å². The van der Waals surface area contributed by atoms with E-state index in [1.807, 2.05) is 18.7 Å². The first-order chi connectivity index (χ1) is 19.5. The number of pyridine rings is 1. The summed E-state index contributed by atoms with van der Waals surface area (Å²) in [4.78, 5) is 19.7. The van der Waals surface area contributed by atoms with Crippen LogP contribution in [-0.2, 0) is 21.4 Å². The molecule has 4 rings (SSSR count). The van der Waals surface area contributed by atoms with Crippen LogP contribution >= 0.6 is 0 Å². The van der Waals surface area contributed by atoms with E-state index in [1.54, 1.807) is 12.3 Å². The number of anilines is 1. The molecular formula is C27H36F3N7O4S. The van der Waals surface area contributed by atoms with Gasteiger partial charge in [0.15, 0.2) is 5.82 Å². The number of nitrogens with one attached hydrogen (secondary N) is 3. The van der Waals surface area contributed by atoms with Gasteiger partial charge in [0.25, 0.3) is 15.9 Å². The summed E-state index contributed by atoms with van der Waals surface area (Å²) in [5, 5.41) is 14.6. The van der Waals surface area contributed by atoms with Gasteiger partial charge in [0.2, 0.25) is 0 Å². The molecule has 1 amide bonds. The fourth-order valence-electron chi connectivity index (χ4n) is 5.23. The van der Waals surface area contributed by atoms with Gasteiger partial charge in [0, 0.05) is 37.2 Å². The largest absolute Gasteiger partial charge is 0.396 e. The van der Waals surface area contributed by atoms with Gasteiger partial charge >= 0.3 is 6.18 Å². The summed E-state index contributed by atoms with van der Waals surface area (Å²) >= 11 is 0. The number of aromatic nitrogens is 3. The molecule has 11 nitrogen and oxygen atoms in total. The van der Waals surface area contributed by atoms with Gasteiger partial charge in [-0.1, -0.05) is 6.92 Å². The van der Waals surface area contributed by atoms with Crippen molar-refractivity contribution < 1.29 is 31.1 Å². The summed E-state index contributed by atoms with van der Waals surface area (Å²) in [6.07, 6.45) is -1.14. The van der Waals surface area contributed by atoms with Gasteiger partial charge in [-0.15, -0.1) is 0 Å². The molecule has 42 heavy (non-hydrogen) atoms. The molecule has 1 atom stereocenters. The minimum atomic E-state index is -4.37. The van der Waals surface area contributed by atoms with E-state index in [0.717, 1.165) is 6.42 Å². The van der Waals surface area contributed by atoms with E-state index < -0.39 is 39.7 Å². The van der Waals surface area contributed by atoms with E-state index in [0.29, 0.717) is 24.3 Å². The zero-order valence-corrected chi connectivity index (χ0v) is 25.0. The van der Waals surface area contributed by atoms with Crippen LogP contribution in [0.3, 0.4) is 0 Å². The van der Waals surface area contributed by atoms with Crippen molar-refractivity contribution in [2.45, 2.75) is 65.3 Å². The zero-order chi connectivity index (χ0) is 31.1. The Bertz CT molecular complexity index is 1500. The summed E-state index contributed by atoms with van der Waals surface area (Å²) in [7, 11) is -2.86. The Morgan fingerprint density at radius 2 is 1.95 bits per heavy atom. The Kier molecular flexibility index (Phi) is 8.48. The van der Waals surface area contributed by atoms with Gasteiger partial charge in [-0.25, -0.2) is 22.8 Å². The predicted molar refractivity (Wildman–Crippen MR) is 151 cm³/mol. The predicted octanol–water partition coefficient (Wildman–Crippen LogP) is 3.91. The molecule has 230 valence electrons. The van der Waals surface area contributed by atoms with Crippen LogP contribution in [0.2, 0.25) is 0 Å². The molecule has 0 bridgehead atoms. The van der Waals surface area contributed by atoms with Gasteiger partial charge in [-0.2, -0.15) is 18.3 Å². The topological polar surface area (TPSA) is 142 Å². The standard InChI is InChI=1S/C27H36F3N7O4S/c1-17-12-25(3,4)36(14-17)23-20(24(38)35-42(39,40)21(13-31)18(2)32-5)6-7-22(33-23)37-11-8-19(34-37)15-41-16-26(9-10-26)27(28,29)30/h6-8,11,13,17,31-32H,9-10,12,14-16H2,1-5H3,(H,35,38)/b21-18+,31-13?/t17-/m0/s1. The molecule has 15 heteroatoms. The van der Waals surface area contributed by atoms with Gasteiger partial charge in [0.05, 0.1) is 29.9 Å². The second kappa shape index (κ2) is 11.3. The first-order valence-corrected chi connectivity index (χ1v) is 15.0. The Balaban J connectivity index is 1.62. The number of hydrogen-bond donors (Lipinski definition) is 3. The Morgan fingerprint density at radius 1 is 1.26 bits per heavy atom. The number of sulfonamides is 1. The molecule has 2 fully saturated rings. The first-order valence-electron chi connectivity index (χ1n) is 13.5. The van der Waals surface area contributed by atoms with Crippen molar-refractivity contribution in [2.24, 2.45) is 11.3 Å². The molecule has 1 aliphatic carbocycles. The number of alkyl halides is 3. The molecule has 3 heterocycles. The molecule has 1 saturated heterocycles. The highest BCUT2D eigenvalue weighted by molar-refractivity contribution is 7.94. The molecule has 2 aromatic rings. The van der Waals surface area contributed by atoms with Crippen molar-refractivity contribution >= 4 is 28.0 Å². The number of ether oxygens (including phenoxy) is 1. The van der Waals surface area contributed by atoms with Crippen LogP contribution in [0.25, 0.3) is 5.82 Å². The summed E-state index contributed by atoms with van der Waals surface area (Å²) < 4.78 is 74.3. The Labute approximate surface area is 243 Å². The van der Waals surface area contributed by atoms with Crippen molar-refractivity contribution in [2.75, 3.05) is 25.1 Å². The molecule has 1 aliphatic heterocycles. The third-order valence-electron chi connectivity index (χ3n) is 7.79. The van der Waals surface area contributed by atoms with E-state index in [4.69, 9.17) is 15.1 Å². The third kappa shape index (κ3) is 6.31. The van der Waals surface area contributed by atoms with Crippen molar-refractivity contribution in [1.82, 2.24) is 24.8 Å². The fraction of sp³-hybridized carbons (Fsp3) is 0.556. The SMILES string of the molecule is CN/C(C)=C(\C=N)S(=O)(=O)NC(=O)c1ccc(-n2ccc(COCC3(C(F)(F)F)CC3)n2)nc1N1C[C@@H](C)CC1(C)C. The monoisotopic (exact) mass is 611 g/mol. The van der Waals surface area contributed by atoms with Crippen LogP contribution in [0, 0.1) is 16.7 Å². The van der Waals surface area contributed by atoms with E-state index >= 15 is 0 Å². The van der Waals surface area contributed by atoms with Gasteiger partial charge in [0.1, 0.15) is 10.7 Å². The van der Waals surface area contributed by atoms with Gasteiger partial charge in [-0.05, 0) is 64.2 Å². The number of carbonyl (C=O) groups excluding carboxylic acids is 1. The number of allylic oxidation sites excluding steroid dienone is 2. The first kappa shape index (κ1) is 31.5.